The number of carbonyl (C=O) groups excluding carboxylic acids is 2. The maximum atomic E-state index is 13.4. The van der Waals surface area contributed by atoms with Gasteiger partial charge in [0.25, 0.3) is 0 Å². The summed E-state index contributed by atoms with van der Waals surface area (Å²) in [7, 11) is 0. The van der Waals surface area contributed by atoms with Crippen LogP contribution in [0.1, 0.15) is 39.7 Å². The summed E-state index contributed by atoms with van der Waals surface area (Å²) in [5.74, 6) is 0.0920. The molecule has 2 atom stereocenters. The quantitative estimate of drug-likeness (QED) is 0.686. The first-order valence-corrected chi connectivity index (χ1v) is 11.2. The molecule has 0 bridgehead atoms. The van der Waals surface area contributed by atoms with Gasteiger partial charge in [0.15, 0.2) is 0 Å². The number of piperidine rings is 1. The molecular weight excluding hydrogens is 428 g/mol. The lowest BCUT2D eigenvalue weighted by molar-refractivity contribution is -0.155. The monoisotopic (exact) mass is 458 g/mol. The first kappa shape index (κ1) is 24.1. The van der Waals surface area contributed by atoms with Crippen molar-refractivity contribution in [1.82, 2.24) is 10.2 Å². The Morgan fingerprint density at radius 1 is 1.09 bits per heavy atom. The van der Waals surface area contributed by atoms with Crippen molar-refractivity contribution in [2.75, 3.05) is 13.1 Å². The second-order valence-electron chi connectivity index (χ2n) is 9.33. The third-order valence-corrected chi connectivity index (χ3v) is 6.49. The Balaban J connectivity index is 1.71. The number of carbonyl (C=O) groups is 2. The van der Waals surface area contributed by atoms with Crippen LogP contribution in [0, 0.1) is 11.3 Å². The number of hydrogen-bond acceptors (Lipinski definition) is 4. The third kappa shape index (κ3) is 5.08. The van der Waals surface area contributed by atoms with Gasteiger partial charge in [-0.25, -0.2) is 4.79 Å². The maximum absolute atomic E-state index is 13.4. The van der Waals surface area contributed by atoms with E-state index >= 15 is 0 Å². The van der Waals surface area contributed by atoms with E-state index in [4.69, 9.17) is 16.3 Å². The lowest BCUT2D eigenvalue weighted by Crippen LogP contribution is -2.60. The van der Waals surface area contributed by atoms with Gasteiger partial charge in [-0.3, -0.25) is 4.79 Å². The molecular formula is C25H31ClN2O4. The fourth-order valence-electron chi connectivity index (χ4n) is 4.23. The Morgan fingerprint density at radius 3 is 2.28 bits per heavy atom. The van der Waals surface area contributed by atoms with E-state index in [-0.39, 0.29) is 11.8 Å². The Kier molecular flexibility index (Phi) is 7.16. The molecule has 1 saturated heterocycles. The molecule has 2 amide bonds. The molecule has 3 rings (SSSR count). The van der Waals surface area contributed by atoms with Gasteiger partial charge in [0.2, 0.25) is 5.91 Å². The molecule has 7 heteroatoms. The molecule has 2 aromatic carbocycles. The molecule has 0 aliphatic carbocycles. The van der Waals surface area contributed by atoms with Crippen LogP contribution in [-0.2, 0) is 10.4 Å². The number of nitrogens with zero attached hydrogens (tertiary/aromatic N) is 1. The molecule has 6 nitrogen and oxygen atoms in total. The summed E-state index contributed by atoms with van der Waals surface area (Å²) in [4.78, 5) is 27.5. The van der Waals surface area contributed by atoms with Gasteiger partial charge in [-0.1, -0.05) is 69.6 Å². The largest absolute Gasteiger partial charge is 0.413 e. The van der Waals surface area contributed by atoms with E-state index in [1.807, 2.05) is 45.9 Å². The first-order chi connectivity index (χ1) is 15.0. The molecule has 1 aliphatic heterocycles. The number of aliphatic hydroxyl groups is 1. The maximum Gasteiger partial charge on any atom is 0.413 e. The minimum atomic E-state index is -1.10. The van der Waals surface area contributed by atoms with E-state index in [0.29, 0.717) is 30.3 Å². The number of amides is 2. The highest BCUT2D eigenvalue weighted by Gasteiger charge is 2.50. The molecule has 32 heavy (non-hydrogen) atoms. The van der Waals surface area contributed by atoms with Crippen molar-refractivity contribution in [2.24, 2.45) is 11.3 Å². The average molecular weight is 459 g/mol. The van der Waals surface area contributed by atoms with Crippen LogP contribution >= 0.6 is 11.6 Å². The molecule has 0 radical (unpaired) electrons. The van der Waals surface area contributed by atoms with E-state index < -0.39 is 23.2 Å². The number of halogens is 1. The number of rotatable bonds is 5. The van der Waals surface area contributed by atoms with Gasteiger partial charge in [-0.05, 0) is 42.2 Å². The standard InChI is InChI=1S/C25H31ClN2O4/c1-17(2)21(27-23(30)32-20-8-6-5-7-9-20)22(29)28-15-14-25(31,24(3,4)16-28)18-10-12-19(26)13-11-18/h5-13,17,21,31H,14-16H2,1-4H3,(H,27,30). The van der Waals surface area contributed by atoms with Crippen molar-refractivity contribution >= 4 is 23.6 Å². The minimum Gasteiger partial charge on any atom is -0.410 e. The average Bonchev–Trinajstić information content (AvgIpc) is 2.74. The van der Waals surface area contributed by atoms with Gasteiger partial charge in [-0.15, -0.1) is 0 Å². The highest BCUT2D eigenvalue weighted by atomic mass is 35.5. The second kappa shape index (κ2) is 9.51. The van der Waals surface area contributed by atoms with E-state index in [1.165, 1.54) is 0 Å². The van der Waals surface area contributed by atoms with E-state index in [0.717, 1.165) is 5.56 Å². The zero-order chi connectivity index (χ0) is 23.5. The Bertz CT molecular complexity index is 946. The molecule has 2 aromatic rings. The normalized spacial score (nSPS) is 21.2. The summed E-state index contributed by atoms with van der Waals surface area (Å²) in [5, 5.41) is 14.9. The topological polar surface area (TPSA) is 78.9 Å². The smallest absolute Gasteiger partial charge is 0.410 e. The predicted octanol–water partition coefficient (Wildman–Crippen LogP) is 4.60. The highest BCUT2D eigenvalue weighted by Crippen LogP contribution is 2.46. The van der Waals surface area contributed by atoms with Gasteiger partial charge < -0.3 is 20.1 Å². The van der Waals surface area contributed by atoms with Crippen molar-refractivity contribution in [3.63, 3.8) is 0 Å². The van der Waals surface area contributed by atoms with Crippen LogP contribution in [0.3, 0.4) is 0 Å². The summed E-state index contributed by atoms with van der Waals surface area (Å²) in [6.45, 7) is 8.38. The SMILES string of the molecule is CC(C)C(NC(=O)Oc1ccccc1)C(=O)N1CCC(O)(c2ccc(Cl)cc2)C(C)(C)C1. The molecule has 0 saturated carbocycles. The number of para-hydroxylation sites is 1. The van der Waals surface area contributed by atoms with Crippen molar-refractivity contribution < 1.29 is 19.4 Å². The van der Waals surface area contributed by atoms with Gasteiger partial charge in [-0.2, -0.15) is 0 Å². The van der Waals surface area contributed by atoms with Crippen LogP contribution < -0.4 is 10.1 Å². The van der Waals surface area contributed by atoms with Crippen LogP contribution in [0.5, 0.6) is 5.75 Å². The van der Waals surface area contributed by atoms with Crippen LogP contribution in [0.25, 0.3) is 0 Å². The Morgan fingerprint density at radius 2 is 1.72 bits per heavy atom. The lowest BCUT2D eigenvalue weighted by Gasteiger charge is -2.51. The van der Waals surface area contributed by atoms with Crippen LogP contribution in [0.15, 0.2) is 54.6 Å². The van der Waals surface area contributed by atoms with Crippen molar-refractivity contribution in [1.29, 1.82) is 0 Å². The van der Waals surface area contributed by atoms with E-state index in [9.17, 15) is 14.7 Å². The lowest BCUT2D eigenvalue weighted by atomic mass is 9.66. The number of likely N-dealkylation sites (tertiary alicyclic amines) is 1. The molecule has 0 spiro atoms. The van der Waals surface area contributed by atoms with Crippen molar-refractivity contribution in [3.8, 4) is 5.75 Å². The summed E-state index contributed by atoms with van der Waals surface area (Å²) in [5.41, 5.74) is -0.925. The fraction of sp³-hybridized carbons (Fsp3) is 0.440. The predicted molar refractivity (Wildman–Crippen MR) is 125 cm³/mol. The molecule has 2 N–H and O–H groups in total. The third-order valence-electron chi connectivity index (χ3n) is 6.24. The fourth-order valence-corrected chi connectivity index (χ4v) is 4.36. The zero-order valence-electron chi connectivity index (χ0n) is 19.0. The van der Waals surface area contributed by atoms with Crippen LogP contribution in [0.4, 0.5) is 4.79 Å². The summed E-state index contributed by atoms with van der Waals surface area (Å²) in [6.07, 6.45) is -0.288. The highest BCUT2D eigenvalue weighted by molar-refractivity contribution is 6.30. The number of ether oxygens (including phenoxy) is 1. The summed E-state index contributed by atoms with van der Waals surface area (Å²) in [6, 6.07) is 15.2. The molecule has 1 heterocycles. The molecule has 0 aromatic heterocycles. The summed E-state index contributed by atoms with van der Waals surface area (Å²) >= 11 is 6.01. The summed E-state index contributed by atoms with van der Waals surface area (Å²) < 4.78 is 5.30. The van der Waals surface area contributed by atoms with Gasteiger partial charge >= 0.3 is 6.09 Å². The minimum absolute atomic E-state index is 0.133. The number of nitrogens with one attached hydrogen (secondary N) is 1. The zero-order valence-corrected chi connectivity index (χ0v) is 19.7. The molecule has 2 unspecified atom stereocenters. The first-order valence-electron chi connectivity index (χ1n) is 10.8. The van der Waals surface area contributed by atoms with Gasteiger partial charge in [0.05, 0.1) is 5.60 Å². The van der Waals surface area contributed by atoms with Crippen molar-refractivity contribution in [2.45, 2.75) is 45.8 Å². The Hall–Kier alpha value is -2.57. The van der Waals surface area contributed by atoms with E-state index in [2.05, 4.69) is 5.32 Å². The number of hydrogen-bond donors (Lipinski definition) is 2. The van der Waals surface area contributed by atoms with Crippen LogP contribution in [-0.4, -0.2) is 41.1 Å². The van der Waals surface area contributed by atoms with Gasteiger partial charge in [0, 0.05) is 23.5 Å². The molecule has 1 aliphatic rings. The van der Waals surface area contributed by atoms with Crippen LogP contribution in [0.2, 0.25) is 5.02 Å². The van der Waals surface area contributed by atoms with E-state index in [1.54, 1.807) is 41.3 Å². The van der Waals surface area contributed by atoms with Gasteiger partial charge in [0.1, 0.15) is 11.8 Å². The Labute approximate surface area is 194 Å². The molecule has 1 fully saturated rings. The van der Waals surface area contributed by atoms with Crippen molar-refractivity contribution in [3.05, 3.63) is 65.2 Å². The molecule has 172 valence electrons. The number of benzene rings is 2. The second-order valence-corrected chi connectivity index (χ2v) is 9.77.